The molecule has 0 amide bonds. The quantitative estimate of drug-likeness (QED) is 0.706. The molecule has 2 heteroatoms. The van der Waals surface area contributed by atoms with Crippen molar-refractivity contribution in [2.75, 3.05) is 0 Å². The van der Waals surface area contributed by atoms with Gasteiger partial charge in [-0.05, 0) is 50.2 Å². The van der Waals surface area contributed by atoms with Gasteiger partial charge in [-0.1, -0.05) is 46.5 Å². The summed E-state index contributed by atoms with van der Waals surface area (Å²) in [5, 5.41) is 0. The topological polar surface area (TPSA) is 9.23 Å². The summed E-state index contributed by atoms with van der Waals surface area (Å²) in [6, 6.07) is 6.55. The highest BCUT2D eigenvalue weighted by molar-refractivity contribution is 9.09. The van der Waals surface area contributed by atoms with E-state index in [4.69, 9.17) is 4.74 Å². The Morgan fingerprint density at radius 3 is 2.89 bits per heavy atom. The Balaban J connectivity index is 1.50. The molecular formula is C17H23BrO. The standard InChI is InChI=1S/C17H23BrO/c1-12-6-9-17-14(10-12)11-15(19-17)7-8-16(18)13-4-2-3-5-13/h6,9-10,13,15-16H,2-5,7-8,11H2,1H3. The van der Waals surface area contributed by atoms with Crippen molar-refractivity contribution in [3.8, 4) is 5.75 Å². The zero-order valence-electron chi connectivity index (χ0n) is 11.7. The Morgan fingerprint density at radius 1 is 1.32 bits per heavy atom. The minimum absolute atomic E-state index is 0.401. The first-order valence-corrected chi connectivity index (χ1v) is 8.54. The van der Waals surface area contributed by atoms with Gasteiger partial charge in [0.2, 0.25) is 0 Å². The molecule has 3 rings (SSSR count). The number of ether oxygens (including phenoxy) is 1. The SMILES string of the molecule is Cc1ccc2c(c1)CC(CCC(Br)C1CCCC1)O2. The van der Waals surface area contributed by atoms with Gasteiger partial charge in [0.15, 0.2) is 0 Å². The van der Waals surface area contributed by atoms with E-state index in [1.165, 1.54) is 49.7 Å². The Kier molecular flexibility index (Phi) is 4.16. The Morgan fingerprint density at radius 2 is 2.11 bits per heavy atom. The molecule has 1 fully saturated rings. The van der Waals surface area contributed by atoms with Gasteiger partial charge in [0.05, 0.1) is 0 Å². The maximum absolute atomic E-state index is 6.05. The highest BCUT2D eigenvalue weighted by atomic mass is 79.9. The Labute approximate surface area is 124 Å². The molecular weight excluding hydrogens is 300 g/mol. The van der Waals surface area contributed by atoms with Crippen molar-refractivity contribution in [1.82, 2.24) is 0 Å². The number of alkyl halides is 1. The molecule has 2 unspecified atom stereocenters. The molecule has 1 heterocycles. The van der Waals surface area contributed by atoms with Crippen LogP contribution in [0.15, 0.2) is 18.2 Å². The number of hydrogen-bond acceptors (Lipinski definition) is 1. The van der Waals surface area contributed by atoms with Gasteiger partial charge in [0, 0.05) is 11.2 Å². The smallest absolute Gasteiger partial charge is 0.123 e. The second-order valence-electron chi connectivity index (χ2n) is 6.19. The lowest BCUT2D eigenvalue weighted by atomic mass is 9.97. The summed E-state index contributed by atoms with van der Waals surface area (Å²) in [5.74, 6) is 2.02. The maximum Gasteiger partial charge on any atom is 0.123 e. The summed E-state index contributed by atoms with van der Waals surface area (Å²) < 4.78 is 6.05. The van der Waals surface area contributed by atoms with Gasteiger partial charge in [-0.25, -0.2) is 0 Å². The minimum Gasteiger partial charge on any atom is -0.490 e. The third-order valence-electron chi connectivity index (χ3n) is 4.63. The molecule has 0 radical (unpaired) electrons. The highest BCUT2D eigenvalue weighted by Gasteiger charge is 2.26. The van der Waals surface area contributed by atoms with Gasteiger partial charge in [-0.2, -0.15) is 0 Å². The van der Waals surface area contributed by atoms with Crippen LogP contribution >= 0.6 is 15.9 Å². The molecule has 0 saturated heterocycles. The molecule has 2 aliphatic rings. The van der Waals surface area contributed by atoms with Gasteiger partial charge in [-0.3, -0.25) is 0 Å². The molecule has 0 aromatic heterocycles. The summed E-state index contributed by atoms with van der Waals surface area (Å²) >= 11 is 3.90. The fourth-order valence-corrected chi connectivity index (χ4v) is 4.30. The second kappa shape index (κ2) is 5.87. The van der Waals surface area contributed by atoms with E-state index in [2.05, 4.69) is 41.1 Å². The third-order valence-corrected chi connectivity index (χ3v) is 5.84. The van der Waals surface area contributed by atoms with Crippen molar-refractivity contribution in [2.24, 2.45) is 5.92 Å². The molecule has 1 aromatic rings. The second-order valence-corrected chi connectivity index (χ2v) is 7.37. The van der Waals surface area contributed by atoms with Crippen molar-refractivity contribution in [3.05, 3.63) is 29.3 Å². The van der Waals surface area contributed by atoms with E-state index < -0.39 is 0 Å². The number of hydrogen-bond donors (Lipinski definition) is 0. The zero-order valence-corrected chi connectivity index (χ0v) is 13.3. The van der Waals surface area contributed by atoms with Crippen LogP contribution < -0.4 is 4.74 Å². The molecule has 0 bridgehead atoms. The van der Waals surface area contributed by atoms with Crippen LogP contribution in [-0.4, -0.2) is 10.9 Å². The van der Waals surface area contributed by atoms with E-state index in [1.54, 1.807) is 0 Å². The van der Waals surface area contributed by atoms with Crippen molar-refractivity contribution >= 4 is 15.9 Å². The first kappa shape index (κ1) is 13.5. The fourth-order valence-electron chi connectivity index (χ4n) is 3.51. The predicted octanol–water partition coefficient (Wildman–Crippen LogP) is 5.03. The molecule has 0 N–H and O–H groups in total. The van der Waals surface area contributed by atoms with Crippen LogP contribution in [0.2, 0.25) is 0 Å². The van der Waals surface area contributed by atoms with Gasteiger partial charge >= 0.3 is 0 Å². The highest BCUT2D eigenvalue weighted by Crippen LogP contribution is 2.36. The number of rotatable bonds is 4. The van der Waals surface area contributed by atoms with Crippen LogP contribution in [0.1, 0.15) is 49.7 Å². The molecule has 1 nitrogen and oxygen atoms in total. The summed E-state index contributed by atoms with van der Waals surface area (Å²) in [4.78, 5) is 0.698. The van der Waals surface area contributed by atoms with Crippen LogP contribution in [0.3, 0.4) is 0 Å². The van der Waals surface area contributed by atoms with Crippen LogP contribution in [0.25, 0.3) is 0 Å². The van der Waals surface area contributed by atoms with Gasteiger partial charge in [0.25, 0.3) is 0 Å². The molecule has 0 spiro atoms. The van der Waals surface area contributed by atoms with E-state index in [0.29, 0.717) is 10.9 Å². The number of aryl methyl sites for hydroxylation is 1. The van der Waals surface area contributed by atoms with Gasteiger partial charge in [-0.15, -0.1) is 0 Å². The monoisotopic (exact) mass is 322 g/mol. The first-order valence-electron chi connectivity index (χ1n) is 7.62. The maximum atomic E-state index is 6.05. The molecule has 104 valence electrons. The van der Waals surface area contributed by atoms with E-state index in [0.717, 1.165) is 18.1 Å². The van der Waals surface area contributed by atoms with Crippen LogP contribution in [0, 0.1) is 12.8 Å². The van der Waals surface area contributed by atoms with Crippen molar-refractivity contribution in [2.45, 2.75) is 62.8 Å². The normalized spacial score (nSPS) is 24.2. The lowest BCUT2D eigenvalue weighted by Gasteiger charge is -2.19. The third kappa shape index (κ3) is 3.16. The van der Waals surface area contributed by atoms with Gasteiger partial charge < -0.3 is 4.74 Å². The summed E-state index contributed by atoms with van der Waals surface area (Å²) in [7, 11) is 0. The molecule has 2 atom stereocenters. The Hall–Kier alpha value is -0.500. The summed E-state index contributed by atoms with van der Waals surface area (Å²) in [6.45, 7) is 2.15. The molecule has 1 aliphatic heterocycles. The predicted molar refractivity (Wildman–Crippen MR) is 83.2 cm³/mol. The van der Waals surface area contributed by atoms with Crippen LogP contribution in [0.4, 0.5) is 0 Å². The number of halogens is 1. The minimum atomic E-state index is 0.401. The molecule has 1 saturated carbocycles. The van der Waals surface area contributed by atoms with E-state index >= 15 is 0 Å². The lowest BCUT2D eigenvalue weighted by Crippen LogP contribution is -2.18. The van der Waals surface area contributed by atoms with Gasteiger partial charge in [0.1, 0.15) is 11.9 Å². The molecule has 1 aromatic carbocycles. The summed E-state index contributed by atoms with van der Waals surface area (Å²) in [6.07, 6.45) is 9.62. The molecule has 19 heavy (non-hydrogen) atoms. The van der Waals surface area contributed by atoms with E-state index in [9.17, 15) is 0 Å². The van der Waals surface area contributed by atoms with E-state index in [-0.39, 0.29) is 0 Å². The lowest BCUT2D eigenvalue weighted by molar-refractivity contribution is 0.215. The number of benzene rings is 1. The summed E-state index contributed by atoms with van der Waals surface area (Å²) in [5.41, 5.74) is 2.74. The average molecular weight is 323 g/mol. The largest absolute Gasteiger partial charge is 0.490 e. The zero-order chi connectivity index (χ0) is 13.2. The molecule has 1 aliphatic carbocycles. The Bertz CT molecular complexity index is 437. The fraction of sp³-hybridized carbons (Fsp3) is 0.647. The first-order chi connectivity index (χ1) is 9.22. The van der Waals surface area contributed by atoms with Crippen molar-refractivity contribution in [3.63, 3.8) is 0 Å². The van der Waals surface area contributed by atoms with Crippen LogP contribution in [0.5, 0.6) is 5.75 Å². The van der Waals surface area contributed by atoms with Crippen molar-refractivity contribution in [1.29, 1.82) is 0 Å². The van der Waals surface area contributed by atoms with Crippen LogP contribution in [-0.2, 0) is 6.42 Å². The average Bonchev–Trinajstić information content (AvgIpc) is 3.04. The number of fused-ring (bicyclic) bond motifs is 1. The van der Waals surface area contributed by atoms with Crippen molar-refractivity contribution < 1.29 is 4.74 Å². The van der Waals surface area contributed by atoms with E-state index in [1.807, 2.05) is 0 Å².